The van der Waals surface area contributed by atoms with Gasteiger partial charge in [0.25, 0.3) is 0 Å². The topological polar surface area (TPSA) is 58.6 Å². The average Bonchev–Trinajstić information content (AvgIpc) is 3.19. The van der Waals surface area contributed by atoms with Gasteiger partial charge in [0.15, 0.2) is 0 Å². The molecule has 1 N–H and O–H groups in total. The largest absolute Gasteiger partial charge is 0.371 e. The van der Waals surface area contributed by atoms with Crippen LogP contribution in [0, 0.1) is 23.7 Å². The maximum absolute atomic E-state index is 12.2. The standard InChI is InChI=1S/C17H28N2O3/c1-11(2)15(20)18-7-13-4-5-17(22-8-13)9-19(10-17)16(21)14-6-12(14)3/h11-14H,4-10H2,1-3H3,(H,18,20)/t12-,13-,14+/m0/s1. The number of hydrogen-bond donors (Lipinski definition) is 1. The molecule has 3 fully saturated rings. The van der Waals surface area contributed by atoms with Crippen molar-refractivity contribution >= 4 is 11.8 Å². The monoisotopic (exact) mass is 308 g/mol. The van der Waals surface area contributed by atoms with Crippen LogP contribution in [-0.2, 0) is 14.3 Å². The minimum Gasteiger partial charge on any atom is -0.371 e. The Morgan fingerprint density at radius 1 is 1.36 bits per heavy atom. The van der Waals surface area contributed by atoms with Crippen LogP contribution in [0.4, 0.5) is 0 Å². The second-order valence-corrected chi connectivity index (χ2v) is 7.81. The van der Waals surface area contributed by atoms with E-state index in [1.807, 2.05) is 18.7 Å². The fourth-order valence-electron chi connectivity index (χ4n) is 3.48. The van der Waals surface area contributed by atoms with Crippen LogP contribution in [0.3, 0.4) is 0 Å². The van der Waals surface area contributed by atoms with E-state index in [-0.39, 0.29) is 23.3 Å². The molecule has 3 atom stereocenters. The Morgan fingerprint density at radius 3 is 2.55 bits per heavy atom. The predicted molar refractivity (Wildman–Crippen MR) is 83.1 cm³/mol. The minimum absolute atomic E-state index is 0.0341. The van der Waals surface area contributed by atoms with Gasteiger partial charge in [-0.2, -0.15) is 0 Å². The number of ether oxygens (including phenoxy) is 1. The van der Waals surface area contributed by atoms with E-state index in [2.05, 4.69) is 12.2 Å². The lowest BCUT2D eigenvalue weighted by Crippen LogP contribution is -2.66. The summed E-state index contributed by atoms with van der Waals surface area (Å²) in [6.45, 7) is 8.88. The smallest absolute Gasteiger partial charge is 0.226 e. The van der Waals surface area contributed by atoms with Crippen molar-refractivity contribution in [1.29, 1.82) is 0 Å². The van der Waals surface area contributed by atoms with Gasteiger partial charge in [-0.05, 0) is 31.1 Å². The van der Waals surface area contributed by atoms with Crippen LogP contribution in [0.25, 0.3) is 0 Å². The molecule has 5 heteroatoms. The number of carbonyl (C=O) groups excluding carboxylic acids is 2. The Bertz CT molecular complexity index is 447. The molecule has 0 aromatic rings. The zero-order chi connectivity index (χ0) is 15.9. The van der Waals surface area contributed by atoms with Crippen LogP contribution in [0.1, 0.15) is 40.0 Å². The van der Waals surface area contributed by atoms with Crippen molar-refractivity contribution < 1.29 is 14.3 Å². The summed E-state index contributed by atoms with van der Waals surface area (Å²) in [5.41, 5.74) is -0.0909. The van der Waals surface area contributed by atoms with Crippen LogP contribution in [-0.4, -0.2) is 48.6 Å². The molecule has 1 spiro atoms. The van der Waals surface area contributed by atoms with Gasteiger partial charge in [-0.3, -0.25) is 9.59 Å². The number of likely N-dealkylation sites (tertiary alicyclic amines) is 1. The van der Waals surface area contributed by atoms with Gasteiger partial charge in [-0.25, -0.2) is 0 Å². The summed E-state index contributed by atoms with van der Waals surface area (Å²) in [5.74, 6) is 1.73. The normalized spacial score (nSPS) is 32.7. The van der Waals surface area contributed by atoms with Crippen molar-refractivity contribution in [1.82, 2.24) is 10.2 Å². The molecule has 22 heavy (non-hydrogen) atoms. The van der Waals surface area contributed by atoms with Gasteiger partial charge in [0.2, 0.25) is 11.8 Å². The summed E-state index contributed by atoms with van der Waals surface area (Å²) in [5, 5.41) is 2.99. The fourth-order valence-corrected chi connectivity index (χ4v) is 3.48. The third-order valence-electron chi connectivity index (χ3n) is 5.42. The maximum atomic E-state index is 12.2. The number of amides is 2. The summed E-state index contributed by atoms with van der Waals surface area (Å²) >= 11 is 0. The molecular formula is C17H28N2O3. The molecule has 124 valence electrons. The van der Waals surface area contributed by atoms with E-state index in [9.17, 15) is 9.59 Å². The van der Waals surface area contributed by atoms with Gasteiger partial charge in [-0.15, -0.1) is 0 Å². The second-order valence-electron chi connectivity index (χ2n) is 7.81. The lowest BCUT2D eigenvalue weighted by molar-refractivity contribution is -0.189. The Balaban J connectivity index is 1.38. The SMILES string of the molecule is CC(C)C(=O)NC[C@@H]1CCC2(CN(C(=O)[C@@H]3C[C@@H]3C)C2)OC1. The van der Waals surface area contributed by atoms with Gasteiger partial charge >= 0.3 is 0 Å². The number of carbonyl (C=O) groups is 2. The van der Waals surface area contributed by atoms with E-state index in [1.54, 1.807) is 0 Å². The Kier molecular flexibility index (Phi) is 4.19. The highest BCUT2D eigenvalue weighted by Gasteiger charge is 2.52. The average molecular weight is 308 g/mol. The number of nitrogens with zero attached hydrogens (tertiary/aromatic N) is 1. The molecule has 3 rings (SSSR count). The third kappa shape index (κ3) is 3.14. The highest BCUT2D eigenvalue weighted by molar-refractivity contribution is 5.82. The van der Waals surface area contributed by atoms with Crippen molar-refractivity contribution in [2.75, 3.05) is 26.2 Å². The fraction of sp³-hybridized carbons (Fsp3) is 0.882. The van der Waals surface area contributed by atoms with Crippen molar-refractivity contribution in [3.8, 4) is 0 Å². The van der Waals surface area contributed by atoms with Crippen LogP contribution >= 0.6 is 0 Å². The Labute approximate surface area is 132 Å². The quantitative estimate of drug-likeness (QED) is 0.854. The zero-order valence-corrected chi connectivity index (χ0v) is 13.9. The van der Waals surface area contributed by atoms with Gasteiger partial charge in [0.05, 0.1) is 19.7 Å². The number of hydrogen-bond acceptors (Lipinski definition) is 3. The van der Waals surface area contributed by atoms with Crippen molar-refractivity contribution in [2.45, 2.75) is 45.6 Å². The van der Waals surface area contributed by atoms with Crippen LogP contribution < -0.4 is 5.32 Å². The molecule has 2 saturated heterocycles. The first-order chi connectivity index (χ1) is 10.4. The molecule has 2 amide bonds. The first-order valence-electron chi connectivity index (χ1n) is 8.61. The molecule has 5 nitrogen and oxygen atoms in total. The highest BCUT2D eigenvalue weighted by atomic mass is 16.5. The maximum Gasteiger partial charge on any atom is 0.226 e. The van der Waals surface area contributed by atoms with E-state index in [4.69, 9.17) is 4.74 Å². The Morgan fingerprint density at radius 2 is 2.05 bits per heavy atom. The molecule has 0 bridgehead atoms. The molecule has 1 aliphatic carbocycles. The summed E-state index contributed by atoms with van der Waals surface area (Å²) in [7, 11) is 0. The lowest BCUT2D eigenvalue weighted by Gasteiger charge is -2.53. The molecule has 0 unspecified atom stereocenters. The van der Waals surface area contributed by atoms with Crippen LogP contribution in [0.5, 0.6) is 0 Å². The molecule has 0 aromatic carbocycles. The molecule has 0 aromatic heterocycles. The van der Waals surface area contributed by atoms with Crippen LogP contribution in [0.15, 0.2) is 0 Å². The molecule has 2 aliphatic heterocycles. The number of nitrogens with one attached hydrogen (secondary N) is 1. The summed E-state index contributed by atoms with van der Waals surface area (Å²) in [4.78, 5) is 25.7. The van der Waals surface area contributed by atoms with Gasteiger partial charge in [0.1, 0.15) is 5.60 Å². The van der Waals surface area contributed by atoms with Crippen molar-refractivity contribution in [3.05, 3.63) is 0 Å². The van der Waals surface area contributed by atoms with Gasteiger partial charge in [0, 0.05) is 18.4 Å². The molecular weight excluding hydrogens is 280 g/mol. The molecule has 1 saturated carbocycles. The lowest BCUT2D eigenvalue weighted by atomic mass is 9.82. The minimum atomic E-state index is -0.0909. The van der Waals surface area contributed by atoms with Gasteiger partial charge in [-0.1, -0.05) is 20.8 Å². The predicted octanol–water partition coefficient (Wildman–Crippen LogP) is 1.42. The van der Waals surface area contributed by atoms with E-state index >= 15 is 0 Å². The van der Waals surface area contributed by atoms with E-state index < -0.39 is 0 Å². The van der Waals surface area contributed by atoms with Crippen LogP contribution in [0.2, 0.25) is 0 Å². The summed E-state index contributed by atoms with van der Waals surface area (Å²) in [6, 6.07) is 0. The first kappa shape index (κ1) is 15.8. The Hall–Kier alpha value is -1.10. The van der Waals surface area contributed by atoms with E-state index in [1.165, 1.54) is 0 Å². The second kappa shape index (κ2) is 5.84. The molecule has 3 aliphatic rings. The van der Waals surface area contributed by atoms with Crippen molar-refractivity contribution in [3.63, 3.8) is 0 Å². The molecule has 0 radical (unpaired) electrons. The highest BCUT2D eigenvalue weighted by Crippen LogP contribution is 2.43. The summed E-state index contributed by atoms with van der Waals surface area (Å²) in [6.07, 6.45) is 3.13. The zero-order valence-electron chi connectivity index (χ0n) is 13.9. The first-order valence-corrected chi connectivity index (χ1v) is 8.61. The third-order valence-corrected chi connectivity index (χ3v) is 5.42. The van der Waals surface area contributed by atoms with Gasteiger partial charge < -0.3 is 15.0 Å². The number of rotatable bonds is 4. The molecule has 2 heterocycles. The van der Waals surface area contributed by atoms with E-state index in [0.29, 0.717) is 30.9 Å². The van der Waals surface area contributed by atoms with E-state index in [0.717, 1.165) is 32.4 Å². The summed E-state index contributed by atoms with van der Waals surface area (Å²) < 4.78 is 6.07. The van der Waals surface area contributed by atoms with Crippen molar-refractivity contribution in [2.24, 2.45) is 23.7 Å².